The largest absolute Gasteiger partial charge is 0.275 e. The highest BCUT2D eigenvalue weighted by atomic mass is 32.2. The van der Waals surface area contributed by atoms with E-state index in [1.807, 2.05) is 6.07 Å². The van der Waals surface area contributed by atoms with E-state index in [4.69, 9.17) is 5.26 Å². The lowest BCUT2D eigenvalue weighted by Gasteiger charge is -2.06. The summed E-state index contributed by atoms with van der Waals surface area (Å²) < 4.78 is 28.1. The van der Waals surface area contributed by atoms with Crippen molar-refractivity contribution >= 4 is 10.0 Å². The Hall–Kier alpha value is -2.17. The third-order valence-electron chi connectivity index (χ3n) is 2.74. The van der Waals surface area contributed by atoms with Gasteiger partial charge in [-0.3, -0.25) is 4.68 Å². The molecule has 2 aromatic rings. The van der Waals surface area contributed by atoms with Gasteiger partial charge in [0.25, 0.3) is 0 Å². The van der Waals surface area contributed by atoms with E-state index in [1.54, 1.807) is 48.4 Å². The van der Waals surface area contributed by atoms with Crippen LogP contribution in [0.5, 0.6) is 0 Å². The van der Waals surface area contributed by atoms with Gasteiger partial charge >= 0.3 is 0 Å². The number of benzene rings is 1. The first-order valence-corrected chi connectivity index (χ1v) is 7.58. The molecule has 1 heterocycles. The van der Waals surface area contributed by atoms with E-state index in [0.29, 0.717) is 11.1 Å². The number of sulfonamides is 1. The molecule has 0 saturated heterocycles. The Kier molecular flexibility index (Phi) is 4.17. The molecule has 0 amide bonds. The number of nitrogens with zero attached hydrogens (tertiary/aromatic N) is 3. The van der Waals surface area contributed by atoms with Gasteiger partial charge < -0.3 is 0 Å². The van der Waals surface area contributed by atoms with Gasteiger partial charge in [-0.25, -0.2) is 13.1 Å². The molecule has 20 heavy (non-hydrogen) atoms. The molecule has 0 fully saturated rings. The van der Waals surface area contributed by atoms with Gasteiger partial charge in [0.1, 0.15) is 0 Å². The zero-order chi connectivity index (χ0) is 14.6. The van der Waals surface area contributed by atoms with Crippen LogP contribution in [-0.2, 0) is 29.4 Å². The third-order valence-corrected chi connectivity index (χ3v) is 4.01. The standard InChI is InChI=1S/C13H14N4O2S/c1-17-9-11(7-15-17)8-16-20(18,19)10-13-5-3-2-4-12(13)6-14/h2-5,7,9,16H,8,10H2,1H3. The second-order valence-corrected chi connectivity index (χ2v) is 6.18. The van der Waals surface area contributed by atoms with Crippen LogP contribution in [0.1, 0.15) is 16.7 Å². The first kappa shape index (κ1) is 14.2. The Morgan fingerprint density at radius 1 is 1.40 bits per heavy atom. The van der Waals surface area contributed by atoms with Crippen LogP contribution in [0.25, 0.3) is 0 Å². The summed E-state index contributed by atoms with van der Waals surface area (Å²) in [5, 5.41) is 12.9. The second kappa shape index (κ2) is 5.86. The highest BCUT2D eigenvalue weighted by Gasteiger charge is 2.14. The summed E-state index contributed by atoms with van der Waals surface area (Å²) in [5.74, 6) is -0.211. The highest BCUT2D eigenvalue weighted by molar-refractivity contribution is 7.88. The zero-order valence-electron chi connectivity index (χ0n) is 10.9. The quantitative estimate of drug-likeness (QED) is 0.886. The number of rotatable bonds is 5. The molecule has 0 aliphatic carbocycles. The number of hydrogen-bond acceptors (Lipinski definition) is 4. The van der Waals surface area contributed by atoms with Crippen LogP contribution < -0.4 is 4.72 Å². The average molecular weight is 290 g/mol. The Labute approximate surface area is 117 Å². The molecule has 0 atom stereocenters. The molecule has 0 aliphatic rings. The van der Waals surface area contributed by atoms with Crippen LogP contribution in [0.3, 0.4) is 0 Å². The fraction of sp³-hybridized carbons (Fsp3) is 0.231. The van der Waals surface area contributed by atoms with Gasteiger partial charge in [0, 0.05) is 25.4 Å². The van der Waals surface area contributed by atoms with Gasteiger partial charge in [-0.05, 0) is 11.6 Å². The van der Waals surface area contributed by atoms with E-state index in [2.05, 4.69) is 9.82 Å². The summed E-state index contributed by atoms with van der Waals surface area (Å²) in [5.41, 5.74) is 1.65. The molecule has 1 N–H and O–H groups in total. The number of aryl methyl sites for hydroxylation is 1. The van der Waals surface area contributed by atoms with Gasteiger partial charge in [-0.1, -0.05) is 18.2 Å². The summed E-state index contributed by atoms with van der Waals surface area (Å²) in [7, 11) is -1.73. The minimum absolute atomic E-state index is 0.185. The second-order valence-electron chi connectivity index (χ2n) is 4.37. The van der Waals surface area contributed by atoms with Crippen molar-refractivity contribution in [3.8, 4) is 6.07 Å². The van der Waals surface area contributed by atoms with Crippen molar-refractivity contribution in [1.82, 2.24) is 14.5 Å². The van der Waals surface area contributed by atoms with Gasteiger partial charge in [-0.2, -0.15) is 10.4 Å². The van der Waals surface area contributed by atoms with E-state index in [9.17, 15) is 8.42 Å². The van der Waals surface area contributed by atoms with E-state index < -0.39 is 10.0 Å². The molecule has 104 valence electrons. The SMILES string of the molecule is Cn1cc(CNS(=O)(=O)Cc2ccccc2C#N)cn1. The van der Waals surface area contributed by atoms with Crippen molar-refractivity contribution in [3.05, 3.63) is 53.3 Å². The lowest BCUT2D eigenvalue weighted by molar-refractivity contribution is 0.580. The van der Waals surface area contributed by atoms with Crippen molar-refractivity contribution in [3.63, 3.8) is 0 Å². The third kappa shape index (κ3) is 3.66. The minimum Gasteiger partial charge on any atom is -0.275 e. The molecule has 2 rings (SSSR count). The lowest BCUT2D eigenvalue weighted by atomic mass is 10.1. The molecule has 0 saturated carbocycles. The molecule has 0 bridgehead atoms. The van der Waals surface area contributed by atoms with Crippen LogP contribution in [0, 0.1) is 11.3 Å². The molecule has 1 aromatic heterocycles. The highest BCUT2D eigenvalue weighted by Crippen LogP contribution is 2.11. The monoisotopic (exact) mass is 290 g/mol. The molecular formula is C13H14N4O2S. The summed E-state index contributed by atoms with van der Waals surface area (Å²) in [6.07, 6.45) is 3.34. The fourth-order valence-electron chi connectivity index (χ4n) is 1.77. The normalized spacial score (nSPS) is 11.2. The smallest absolute Gasteiger partial charge is 0.216 e. The first-order valence-electron chi connectivity index (χ1n) is 5.93. The molecular weight excluding hydrogens is 276 g/mol. The van der Waals surface area contributed by atoms with E-state index in [-0.39, 0.29) is 12.3 Å². The first-order chi connectivity index (χ1) is 9.50. The topological polar surface area (TPSA) is 87.8 Å². The number of nitrogens with one attached hydrogen (secondary N) is 1. The molecule has 0 radical (unpaired) electrons. The van der Waals surface area contributed by atoms with Crippen LogP contribution in [0.2, 0.25) is 0 Å². The van der Waals surface area contributed by atoms with Crippen LogP contribution >= 0.6 is 0 Å². The van der Waals surface area contributed by atoms with Crippen molar-refractivity contribution in [1.29, 1.82) is 5.26 Å². The van der Waals surface area contributed by atoms with Crippen LogP contribution in [0.4, 0.5) is 0 Å². The number of hydrogen-bond donors (Lipinski definition) is 1. The summed E-state index contributed by atoms with van der Waals surface area (Å²) in [6, 6.07) is 8.65. The Morgan fingerprint density at radius 2 is 2.15 bits per heavy atom. The predicted octanol–water partition coefficient (Wildman–Crippen LogP) is 0.911. The molecule has 1 aromatic carbocycles. The molecule has 7 heteroatoms. The minimum atomic E-state index is -3.49. The molecule has 0 unspecified atom stereocenters. The zero-order valence-corrected chi connectivity index (χ0v) is 11.8. The van der Waals surface area contributed by atoms with E-state index >= 15 is 0 Å². The van der Waals surface area contributed by atoms with Gasteiger partial charge in [0.05, 0.1) is 23.6 Å². The predicted molar refractivity (Wildman–Crippen MR) is 73.8 cm³/mol. The maximum absolute atomic E-state index is 12.0. The maximum atomic E-state index is 12.0. The van der Waals surface area contributed by atoms with Gasteiger partial charge in [-0.15, -0.1) is 0 Å². The molecule has 6 nitrogen and oxygen atoms in total. The lowest BCUT2D eigenvalue weighted by Crippen LogP contribution is -2.24. The van der Waals surface area contributed by atoms with Gasteiger partial charge in [0.15, 0.2) is 0 Å². The van der Waals surface area contributed by atoms with Crippen LogP contribution in [0.15, 0.2) is 36.7 Å². The number of aromatic nitrogens is 2. The van der Waals surface area contributed by atoms with E-state index in [0.717, 1.165) is 5.56 Å². The molecule has 0 spiro atoms. The fourth-order valence-corrected chi connectivity index (χ4v) is 2.92. The van der Waals surface area contributed by atoms with Crippen molar-refractivity contribution in [2.75, 3.05) is 0 Å². The van der Waals surface area contributed by atoms with Gasteiger partial charge in [0.2, 0.25) is 10.0 Å². The van der Waals surface area contributed by atoms with E-state index in [1.165, 1.54) is 0 Å². The summed E-state index contributed by atoms with van der Waals surface area (Å²) in [6.45, 7) is 0.185. The Bertz CT molecular complexity index is 744. The van der Waals surface area contributed by atoms with Crippen LogP contribution in [-0.4, -0.2) is 18.2 Å². The average Bonchev–Trinajstić information content (AvgIpc) is 2.83. The number of nitriles is 1. The Morgan fingerprint density at radius 3 is 2.80 bits per heavy atom. The summed E-state index contributed by atoms with van der Waals surface area (Å²) in [4.78, 5) is 0. The van der Waals surface area contributed by atoms with Crippen molar-refractivity contribution in [2.24, 2.45) is 7.05 Å². The summed E-state index contributed by atoms with van der Waals surface area (Å²) >= 11 is 0. The van der Waals surface area contributed by atoms with Crippen molar-refractivity contribution < 1.29 is 8.42 Å². The maximum Gasteiger partial charge on any atom is 0.216 e. The Balaban J connectivity index is 2.06. The van der Waals surface area contributed by atoms with Crippen molar-refractivity contribution in [2.45, 2.75) is 12.3 Å². The molecule has 0 aliphatic heterocycles.